The molecule has 5 N–H and O–H groups in total. The Morgan fingerprint density at radius 2 is 1.97 bits per heavy atom. The largest absolute Gasteiger partial charge is 0.489 e. The van der Waals surface area contributed by atoms with Crippen LogP contribution < -0.4 is 15.8 Å². The first-order valence-electron chi connectivity index (χ1n) is 9.56. The number of ether oxygens (including phenoxy) is 1. The van der Waals surface area contributed by atoms with E-state index in [1.165, 1.54) is 0 Å². The molecule has 3 aromatic rings. The Hall–Kier alpha value is -2.74. The zero-order valence-electron chi connectivity index (χ0n) is 16.7. The van der Waals surface area contributed by atoms with E-state index in [1.807, 2.05) is 18.2 Å². The highest BCUT2D eigenvalue weighted by atomic mass is 35.5. The van der Waals surface area contributed by atoms with Gasteiger partial charge in [0, 0.05) is 23.9 Å². The van der Waals surface area contributed by atoms with E-state index in [4.69, 9.17) is 20.3 Å². The molecular weight excluding hydrogens is 441 g/mol. The lowest BCUT2D eigenvalue weighted by molar-refractivity contribution is -0.138. The molecule has 0 saturated carbocycles. The standard InChI is InChI=1S/C22H23N3O4.2ClH/c23-21(24)14-3-6-20-15(9-14)10-18(29-20)11-19(22(26)27)13-1-4-16(5-2-13)28-17-7-8-25-12-17;;/h1-6,9-10,17,19,25H,7-8,11-12H2,(H3,23,24)(H,26,27);2*1H/t17-,19?;;/m0../s1. The monoisotopic (exact) mass is 465 g/mol. The molecule has 2 heterocycles. The molecule has 1 unspecified atom stereocenters. The Morgan fingerprint density at radius 3 is 2.58 bits per heavy atom. The first-order valence-corrected chi connectivity index (χ1v) is 9.56. The van der Waals surface area contributed by atoms with Crippen LogP contribution in [0.2, 0.25) is 0 Å². The number of nitrogen functional groups attached to an aromatic ring is 1. The van der Waals surface area contributed by atoms with Crippen LogP contribution in [0.5, 0.6) is 5.75 Å². The minimum absolute atomic E-state index is 0. The van der Waals surface area contributed by atoms with Crippen LogP contribution >= 0.6 is 24.8 Å². The van der Waals surface area contributed by atoms with E-state index in [2.05, 4.69) is 5.32 Å². The third-order valence-corrected chi connectivity index (χ3v) is 5.18. The van der Waals surface area contributed by atoms with Gasteiger partial charge in [0.2, 0.25) is 0 Å². The highest BCUT2D eigenvalue weighted by molar-refractivity contribution is 5.98. The molecule has 1 fully saturated rings. The molecule has 0 aliphatic carbocycles. The molecule has 31 heavy (non-hydrogen) atoms. The molecule has 9 heteroatoms. The van der Waals surface area contributed by atoms with E-state index in [-0.39, 0.29) is 43.2 Å². The number of halogens is 2. The van der Waals surface area contributed by atoms with Gasteiger partial charge < -0.3 is 25.3 Å². The third-order valence-electron chi connectivity index (χ3n) is 5.18. The van der Waals surface area contributed by atoms with Gasteiger partial charge in [-0.1, -0.05) is 12.1 Å². The van der Waals surface area contributed by atoms with E-state index in [0.717, 1.165) is 30.6 Å². The lowest BCUT2D eigenvalue weighted by Gasteiger charge is -2.15. The van der Waals surface area contributed by atoms with Gasteiger partial charge in [-0.3, -0.25) is 10.2 Å². The number of carbonyl (C=O) groups is 1. The van der Waals surface area contributed by atoms with E-state index in [1.54, 1.807) is 30.3 Å². The molecule has 1 aromatic heterocycles. The summed E-state index contributed by atoms with van der Waals surface area (Å²) < 4.78 is 11.7. The summed E-state index contributed by atoms with van der Waals surface area (Å²) in [7, 11) is 0. The van der Waals surface area contributed by atoms with Crippen LogP contribution in [0.1, 0.15) is 29.2 Å². The predicted octanol–water partition coefficient (Wildman–Crippen LogP) is 3.71. The van der Waals surface area contributed by atoms with E-state index in [9.17, 15) is 9.90 Å². The number of hydrogen-bond acceptors (Lipinski definition) is 5. The maximum atomic E-state index is 11.9. The number of benzene rings is 2. The molecule has 0 radical (unpaired) electrons. The Kier molecular flexibility index (Phi) is 8.33. The van der Waals surface area contributed by atoms with Gasteiger partial charge in [0.25, 0.3) is 0 Å². The number of hydrogen-bond donors (Lipinski definition) is 4. The second kappa shape index (κ2) is 10.5. The maximum absolute atomic E-state index is 11.9. The first kappa shape index (κ1) is 24.5. The molecule has 7 nitrogen and oxygen atoms in total. The molecular formula is C22H25Cl2N3O4. The molecule has 0 amide bonds. The van der Waals surface area contributed by atoms with Gasteiger partial charge in [-0.15, -0.1) is 24.8 Å². The lowest BCUT2D eigenvalue weighted by atomic mass is 9.94. The summed E-state index contributed by atoms with van der Waals surface area (Å²) in [5.74, 6) is -0.347. The summed E-state index contributed by atoms with van der Waals surface area (Å²) in [4.78, 5) is 11.9. The summed E-state index contributed by atoms with van der Waals surface area (Å²) in [6.45, 7) is 1.78. The Labute approximate surface area is 192 Å². The van der Waals surface area contributed by atoms with Crippen LogP contribution in [0.15, 0.2) is 52.9 Å². The molecule has 1 saturated heterocycles. The van der Waals surface area contributed by atoms with Gasteiger partial charge in [0.15, 0.2) is 0 Å². The second-order valence-corrected chi connectivity index (χ2v) is 7.28. The quantitative estimate of drug-likeness (QED) is 0.311. The van der Waals surface area contributed by atoms with Crippen LogP contribution in [0.4, 0.5) is 0 Å². The summed E-state index contributed by atoms with van der Waals surface area (Å²) >= 11 is 0. The van der Waals surface area contributed by atoms with Crippen molar-refractivity contribution in [3.8, 4) is 5.75 Å². The molecule has 1 aliphatic heterocycles. The molecule has 166 valence electrons. The topological polar surface area (TPSA) is 122 Å². The van der Waals surface area contributed by atoms with Crippen LogP contribution in [0, 0.1) is 5.41 Å². The van der Waals surface area contributed by atoms with Gasteiger partial charge in [-0.2, -0.15) is 0 Å². The average Bonchev–Trinajstić information content (AvgIpc) is 3.35. The van der Waals surface area contributed by atoms with Crippen molar-refractivity contribution in [3.05, 3.63) is 65.4 Å². The number of furan rings is 1. The van der Waals surface area contributed by atoms with Gasteiger partial charge in [-0.05, 0) is 54.9 Å². The van der Waals surface area contributed by atoms with Crippen molar-refractivity contribution in [2.75, 3.05) is 13.1 Å². The molecule has 0 spiro atoms. The number of carboxylic acids is 1. The maximum Gasteiger partial charge on any atom is 0.311 e. The normalized spacial score (nSPS) is 16.2. The SMILES string of the molecule is Cl.Cl.N=C(N)c1ccc2oc(CC(C(=O)O)c3ccc(O[C@H]4CCNC4)cc3)cc2c1. The number of carboxylic acid groups (broad SMARTS) is 1. The fourth-order valence-corrected chi connectivity index (χ4v) is 3.62. The Bertz CT molecular complexity index is 1050. The number of nitrogens with one attached hydrogen (secondary N) is 2. The smallest absolute Gasteiger partial charge is 0.311 e. The van der Waals surface area contributed by atoms with Crippen molar-refractivity contribution in [2.45, 2.75) is 24.9 Å². The summed E-state index contributed by atoms with van der Waals surface area (Å²) in [6, 6.07) is 14.3. The molecule has 2 aromatic carbocycles. The summed E-state index contributed by atoms with van der Waals surface area (Å²) in [6.07, 6.45) is 1.36. The van der Waals surface area contributed by atoms with Crippen molar-refractivity contribution in [3.63, 3.8) is 0 Å². The van der Waals surface area contributed by atoms with Gasteiger partial charge in [-0.25, -0.2) is 0 Å². The summed E-state index contributed by atoms with van der Waals surface area (Å²) in [5, 5.41) is 21.3. The van der Waals surface area contributed by atoms with Crippen LogP contribution in [-0.4, -0.2) is 36.1 Å². The van der Waals surface area contributed by atoms with E-state index >= 15 is 0 Å². The molecule has 4 rings (SSSR count). The van der Waals surface area contributed by atoms with E-state index in [0.29, 0.717) is 22.5 Å². The third kappa shape index (κ3) is 5.70. The van der Waals surface area contributed by atoms with Crippen molar-refractivity contribution in [1.29, 1.82) is 5.41 Å². The van der Waals surface area contributed by atoms with Gasteiger partial charge >= 0.3 is 5.97 Å². The number of aliphatic carboxylic acids is 1. The number of nitrogens with two attached hydrogens (primary N) is 1. The van der Waals surface area contributed by atoms with Crippen molar-refractivity contribution < 1.29 is 19.1 Å². The number of amidine groups is 1. The predicted molar refractivity (Wildman–Crippen MR) is 124 cm³/mol. The van der Waals surface area contributed by atoms with Crippen LogP contribution in [0.3, 0.4) is 0 Å². The second-order valence-electron chi connectivity index (χ2n) is 7.28. The van der Waals surface area contributed by atoms with Crippen molar-refractivity contribution in [2.24, 2.45) is 5.73 Å². The fraction of sp³-hybridized carbons (Fsp3) is 0.273. The highest BCUT2D eigenvalue weighted by Gasteiger charge is 2.23. The Morgan fingerprint density at radius 1 is 1.23 bits per heavy atom. The van der Waals surface area contributed by atoms with Crippen molar-refractivity contribution >= 4 is 47.6 Å². The van der Waals surface area contributed by atoms with Gasteiger partial charge in [0.1, 0.15) is 29.0 Å². The van der Waals surface area contributed by atoms with Crippen LogP contribution in [-0.2, 0) is 11.2 Å². The van der Waals surface area contributed by atoms with Gasteiger partial charge in [0.05, 0.1) is 5.92 Å². The lowest BCUT2D eigenvalue weighted by Crippen LogP contribution is -2.19. The molecule has 0 bridgehead atoms. The number of fused-ring (bicyclic) bond motifs is 1. The molecule has 2 atom stereocenters. The average molecular weight is 466 g/mol. The fourth-order valence-electron chi connectivity index (χ4n) is 3.62. The molecule has 1 aliphatic rings. The van der Waals surface area contributed by atoms with Crippen LogP contribution in [0.25, 0.3) is 11.0 Å². The minimum Gasteiger partial charge on any atom is -0.489 e. The zero-order chi connectivity index (χ0) is 20.4. The highest BCUT2D eigenvalue weighted by Crippen LogP contribution is 2.28. The summed E-state index contributed by atoms with van der Waals surface area (Å²) in [5.41, 5.74) is 7.47. The first-order chi connectivity index (χ1) is 14.0. The minimum atomic E-state index is -0.913. The zero-order valence-corrected chi connectivity index (χ0v) is 18.3. The number of rotatable bonds is 7. The van der Waals surface area contributed by atoms with Crippen molar-refractivity contribution in [1.82, 2.24) is 5.32 Å². The Balaban J connectivity index is 0.00000171. The van der Waals surface area contributed by atoms with E-state index < -0.39 is 11.9 Å².